The summed E-state index contributed by atoms with van der Waals surface area (Å²) in [5.74, 6) is 0.670. The highest BCUT2D eigenvalue weighted by atomic mass is 127. The molecule has 0 saturated carbocycles. The Kier molecular flexibility index (Phi) is 9.96. The number of hydrogen-bond acceptors (Lipinski definition) is 3. The summed E-state index contributed by atoms with van der Waals surface area (Å²) in [5, 5.41) is 6.38. The zero-order valence-electron chi connectivity index (χ0n) is 15.9. The van der Waals surface area contributed by atoms with Gasteiger partial charge in [0, 0.05) is 18.1 Å². The van der Waals surface area contributed by atoms with Gasteiger partial charge in [-0.2, -0.15) is 0 Å². The second-order valence-corrected chi connectivity index (χ2v) is 8.61. The minimum Gasteiger partial charge on any atom is -0.357 e. The van der Waals surface area contributed by atoms with Crippen molar-refractivity contribution < 1.29 is 8.42 Å². The first-order chi connectivity index (χ1) is 11.0. The molecule has 6 nitrogen and oxygen atoms in total. The van der Waals surface area contributed by atoms with Crippen LogP contribution in [0.25, 0.3) is 0 Å². The van der Waals surface area contributed by atoms with Gasteiger partial charge in [0.05, 0.1) is 11.4 Å². The Labute approximate surface area is 169 Å². The Balaban J connectivity index is 0.00000576. The topological polar surface area (TPSA) is 82.6 Å². The lowest BCUT2D eigenvalue weighted by Crippen LogP contribution is -2.41. The Morgan fingerprint density at radius 1 is 1.20 bits per heavy atom. The highest BCUT2D eigenvalue weighted by Crippen LogP contribution is 2.18. The minimum atomic E-state index is -3.59. The average molecular weight is 482 g/mol. The van der Waals surface area contributed by atoms with Crippen LogP contribution in [-0.2, 0) is 16.6 Å². The molecule has 8 heteroatoms. The highest BCUT2D eigenvalue weighted by molar-refractivity contribution is 14.0. The Bertz CT molecular complexity index is 667. The fraction of sp³-hybridized carbons (Fsp3) is 0.588. The van der Waals surface area contributed by atoms with Crippen molar-refractivity contribution in [1.82, 2.24) is 15.4 Å². The minimum absolute atomic E-state index is 0. The molecule has 0 aromatic heterocycles. The van der Waals surface area contributed by atoms with Gasteiger partial charge in [-0.05, 0) is 53.2 Å². The van der Waals surface area contributed by atoms with Gasteiger partial charge < -0.3 is 10.6 Å². The Morgan fingerprint density at radius 2 is 1.80 bits per heavy atom. The van der Waals surface area contributed by atoms with Crippen LogP contribution in [0, 0.1) is 0 Å². The molecule has 0 bridgehead atoms. The molecule has 0 atom stereocenters. The summed E-state index contributed by atoms with van der Waals surface area (Å²) in [6, 6.07) is 7.19. The molecule has 0 radical (unpaired) electrons. The maximum Gasteiger partial charge on any atom is 0.241 e. The summed E-state index contributed by atoms with van der Waals surface area (Å²) < 4.78 is 27.9. The molecule has 25 heavy (non-hydrogen) atoms. The molecular formula is C17H31IN4O2S. The molecule has 0 fully saturated rings. The van der Waals surface area contributed by atoms with E-state index in [1.54, 1.807) is 18.2 Å². The normalized spacial score (nSPS) is 12.7. The third-order valence-electron chi connectivity index (χ3n) is 2.88. The van der Waals surface area contributed by atoms with Crippen LogP contribution in [0.4, 0.5) is 0 Å². The van der Waals surface area contributed by atoms with Crippen molar-refractivity contribution in [3.8, 4) is 0 Å². The lowest BCUT2D eigenvalue weighted by molar-refractivity contribution is 0.491. The summed E-state index contributed by atoms with van der Waals surface area (Å²) in [6.07, 6.45) is 0. The van der Waals surface area contributed by atoms with Gasteiger partial charge in [-0.1, -0.05) is 18.2 Å². The summed E-state index contributed by atoms with van der Waals surface area (Å²) in [6.45, 7) is 12.5. The number of guanidine groups is 1. The number of nitrogens with zero attached hydrogens (tertiary/aromatic N) is 1. The highest BCUT2D eigenvalue weighted by Gasteiger charge is 2.24. The molecule has 0 heterocycles. The molecular weight excluding hydrogens is 451 g/mol. The fourth-order valence-electron chi connectivity index (χ4n) is 2.11. The van der Waals surface area contributed by atoms with E-state index in [0.717, 1.165) is 6.54 Å². The Morgan fingerprint density at radius 3 is 2.32 bits per heavy atom. The second-order valence-electron chi connectivity index (χ2n) is 6.96. The van der Waals surface area contributed by atoms with E-state index in [1.807, 2.05) is 47.6 Å². The molecule has 3 N–H and O–H groups in total. The van der Waals surface area contributed by atoms with Crippen molar-refractivity contribution in [2.24, 2.45) is 4.99 Å². The van der Waals surface area contributed by atoms with Crippen LogP contribution in [0.15, 0.2) is 34.2 Å². The molecule has 1 aromatic carbocycles. The number of aliphatic imine (C=N–C) groups is 1. The number of halogens is 1. The van der Waals surface area contributed by atoms with Gasteiger partial charge in [-0.15, -0.1) is 24.0 Å². The smallest absolute Gasteiger partial charge is 0.241 e. The first-order valence-corrected chi connectivity index (χ1v) is 9.70. The van der Waals surface area contributed by atoms with Gasteiger partial charge in [0.2, 0.25) is 10.0 Å². The number of rotatable bonds is 6. The summed E-state index contributed by atoms with van der Waals surface area (Å²) in [4.78, 5) is 4.76. The van der Waals surface area contributed by atoms with Crippen molar-refractivity contribution >= 4 is 40.0 Å². The van der Waals surface area contributed by atoms with Crippen LogP contribution in [0.2, 0.25) is 0 Å². The van der Waals surface area contributed by atoms with Crippen molar-refractivity contribution in [3.63, 3.8) is 0 Å². The standard InChI is InChI=1S/C17H30N4O2S.HI/c1-7-18-16(20-13(2)3)19-12-14-10-8-9-11-15(14)24(22,23)21-17(4,5)6;/h8-11,13,21H,7,12H2,1-6H3,(H2,18,19,20);1H. The van der Waals surface area contributed by atoms with E-state index >= 15 is 0 Å². The summed E-state index contributed by atoms with van der Waals surface area (Å²) in [5.41, 5.74) is 0.124. The predicted octanol–water partition coefficient (Wildman–Crippen LogP) is 2.84. The molecule has 0 aliphatic carbocycles. The number of benzene rings is 1. The SMILES string of the molecule is CCNC(=NCc1ccccc1S(=O)(=O)NC(C)(C)C)NC(C)C.I. The zero-order chi connectivity index (χ0) is 18.4. The van der Waals surface area contributed by atoms with E-state index in [-0.39, 0.29) is 41.5 Å². The molecule has 0 spiro atoms. The van der Waals surface area contributed by atoms with Crippen molar-refractivity contribution in [3.05, 3.63) is 29.8 Å². The van der Waals surface area contributed by atoms with Gasteiger partial charge >= 0.3 is 0 Å². The molecule has 1 rings (SSSR count). The average Bonchev–Trinajstić information content (AvgIpc) is 2.42. The van der Waals surface area contributed by atoms with Gasteiger partial charge in [0.25, 0.3) is 0 Å². The molecule has 0 amide bonds. The van der Waals surface area contributed by atoms with Gasteiger partial charge in [-0.25, -0.2) is 18.1 Å². The fourth-order valence-corrected chi connectivity index (χ4v) is 3.76. The van der Waals surface area contributed by atoms with Crippen LogP contribution in [-0.4, -0.2) is 32.5 Å². The molecule has 0 saturated heterocycles. The number of hydrogen-bond donors (Lipinski definition) is 3. The van der Waals surface area contributed by atoms with E-state index in [9.17, 15) is 8.42 Å². The third kappa shape index (κ3) is 8.87. The van der Waals surface area contributed by atoms with E-state index in [2.05, 4.69) is 20.3 Å². The first-order valence-electron chi connectivity index (χ1n) is 8.22. The third-order valence-corrected chi connectivity index (χ3v) is 4.74. The zero-order valence-corrected chi connectivity index (χ0v) is 19.0. The van der Waals surface area contributed by atoms with Gasteiger partial charge in [0.1, 0.15) is 0 Å². The van der Waals surface area contributed by atoms with E-state index < -0.39 is 15.6 Å². The lowest BCUT2D eigenvalue weighted by atomic mass is 10.1. The van der Waals surface area contributed by atoms with Gasteiger partial charge in [-0.3, -0.25) is 0 Å². The summed E-state index contributed by atoms with van der Waals surface area (Å²) in [7, 11) is -3.59. The van der Waals surface area contributed by atoms with E-state index in [4.69, 9.17) is 0 Å². The number of sulfonamides is 1. The maximum absolute atomic E-state index is 12.6. The predicted molar refractivity (Wildman–Crippen MR) is 115 cm³/mol. The first kappa shape index (κ1) is 24.1. The quantitative estimate of drug-likeness (QED) is 0.331. The van der Waals surface area contributed by atoms with Crippen molar-refractivity contribution in [2.45, 2.75) is 64.6 Å². The lowest BCUT2D eigenvalue weighted by Gasteiger charge is -2.21. The van der Waals surface area contributed by atoms with Crippen molar-refractivity contribution in [1.29, 1.82) is 0 Å². The molecule has 0 aliphatic rings. The maximum atomic E-state index is 12.6. The molecule has 0 unspecified atom stereocenters. The largest absolute Gasteiger partial charge is 0.357 e. The van der Waals surface area contributed by atoms with Crippen LogP contribution in [0.5, 0.6) is 0 Å². The second kappa shape index (κ2) is 10.3. The molecule has 144 valence electrons. The van der Waals surface area contributed by atoms with Crippen LogP contribution in [0.1, 0.15) is 47.1 Å². The Hall–Kier alpha value is -0.870. The monoisotopic (exact) mass is 482 g/mol. The number of nitrogens with one attached hydrogen (secondary N) is 3. The summed E-state index contributed by atoms with van der Waals surface area (Å²) >= 11 is 0. The molecule has 0 aliphatic heterocycles. The van der Waals surface area contributed by atoms with E-state index in [0.29, 0.717) is 11.5 Å². The van der Waals surface area contributed by atoms with Gasteiger partial charge in [0.15, 0.2) is 5.96 Å². The van der Waals surface area contributed by atoms with Crippen molar-refractivity contribution in [2.75, 3.05) is 6.54 Å². The molecule has 1 aromatic rings. The van der Waals surface area contributed by atoms with Crippen LogP contribution >= 0.6 is 24.0 Å². The van der Waals surface area contributed by atoms with Crippen LogP contribution in [0.3, 0.4) is 0 Å². The van der Waals surface area contributed by atoms with E-state index in [1.165, 1.54) is 0 Å². The van der Waals surface area contributed by atoms with Crippen LogP contribution < -0.4 is 15.4 Å².